The maximum absolute atomic E-state index is 12.6. The van der Waals surface area contributed by atoms with Crippen LogP contribution in [0, 0.1) is 19.8 Å². The first-order valence-corrected chi connectivity index (χ1v) is 12.4. The molecular weight excluding hydrogens is 422 g/mol. The van der Waals surface area contributed by atoms with Gasteiger partial charge in [-0.2, -0.15) is 0 Å². The van der Waals surface area contributed by atoms with Crippen molar-refractivity contribution < 1.29 is 14.7 Å². The molecule has 3 rings (SSSR count). The number of phenolic OH excluding ortho intramolecular Hbond substituents is 1. The van der Waals surface area contributed by atoms with Gasteiger partial charge in [-0.15, -0.1) is 0 Å². The number of hydrogen-bond donors (Lipinski definition) is 2. The summed E-state index contributed by atoms with van der Waals surface area (Å²) < 4.78 is 0. The highest BCUT2D eigenvalue weighted by atomic mass is 16.3. The Balaban J connectivity index is 0.000000374. The molecule has 0 atom stereocenters. The monoisotopic (exact) mass is 465 g/mol. The standard InChI is InChI=1S/C18H22O3.C11H16.CH5N/c1-11-9-17(20)16(13(3)19)10-15(11)12(2)18(21)14-7-5-4-6-8-14;1-4-10-7-6-9(3)8-11(10)5-2;1-2/h9-10,14,20H,2,4-8H2,1,3H3;6-8H,4-5H2,1-3H3;2H2,1H3. The zero-order valence-corrected chi connectivity index (χ0v) is 22.0. The van der Waals surface area contributed by atoms with Crippen LogP contribution in [0.3, 0.4) is 0 Å². The van der Waals surface area contributed by atoms with Gasteiger partial charge in [0.1, 0.15) is 5.75 Å². The van der Waals surface area contributed by atoms with E-state index in [0.717, 1.165) is 44.1 Å². The van der Waals surface area contributed by atoms with Crippen LogP contribution in [0.25, 0.3) is 5.57 Å². The number of ketones is 2. The second-order valence-electron chi connectivity index (χ2n) is 8.90. The number of hydrogen-bond acceptors (Lipinski definition) is 4. The fraction of sp³-hybridized carbons (Fsp3) is 0.467. The molecule has 0 radical (unpaired) electrons. The Hall–Kier alpha value is -2.72. The summed E-state index contributed by atoms with van der Waals surface area (Å²) >= 11 is 0. The van der Waals surface area contributed by atoms with E-state index < -0.39 is 0 Å². The summed E-state index contributed by atoms with van der Waals surface area (Å²) in [7, 11) is 1.50. The molecule has 2 aromatic rings. The SMILES string of the molecule is C=C(C(=O)C1CCCCC1)c1cc(C(C)=O)c(O)cc1C.CCc1ccc(C)cc1CC.CN. The molecule has 2 aromatic carbocycles. The summed E-state index contributed by atoms with van der Waals surface area (Å²) in [5.74, 6) is -0.119. The molecule has 3 N–H and O–H groups in total. The lowest BCUT2D eigenvalue weighted by Gasteiger charge is -2.22. The number of carbonyl (C=O) groups excluding carboxylic acids is 2. The highest BCUT2D eigenvalue weighted by Crippen LogP contribution is 2.32. The molecule has 34 heavy (non-hydrogen) atoms. The zero-order chi connectivity index (χ0) is 25.8. The zero-order valence-electron chi connectivity index (χ0n) is 22.0. The summed E-state index contributed by atoms with van der Waals surface area (Å²) in [6, 6.07) is 9.85. The molecule has 0 saturated heterocycles. The van der Waals surface area contributed by atoms with Crippen molar-refractivity contribution >= 4 is 17.1 Å². The Labute approximate surface area is 206 Å². The van der Waals surface area contributed by atoms with Crippen molar-refractivity contribution in [2.75, 3.05) is 7.05 Å². The van der Waals surface area contributed by atoms with Crippen molar-refractivity contribution in [3.05, 3.63) is 70.3 Å². The normalized spacial score (nSPS) is 13.1. The number of rotatable bonds is 6. The lowest BCUT2D eigenvalue weighted by atomic mass is 9.81. The number of phenols is 1. The third-order valence-electron chi connectivity index (χ3n) is 6.44. The molecule has 0 aromatic heterocycles. The first-order chi connectivity index (χ1) is 16.2. The first kappa shape index (κ1) is 29.3. The molecule has 0 unspecified atom stereocenters. The minimum atomic E-state index is -0.216. The minimum absolute atomic E-state index is 0.0401. The molecule has 0 aliphatic heterocycles. The Morgan fingerprint density at radius 2 is 1.53 bits per heavy atom. The van der Waals surface area contributed by atoms with Crippen molar-refractivity contribution in [1.29, 1.82) is 0 Å². The van der Waals surface area contributed by atoms with Gasteiger partial charge in [-0.25, -0.2) is 0 Å². The fourth-order valence-electron chi connectivity index (χ4n) is 4.47. The number of aromatic hydroxyl groups is 1. The van der Waals surface area contributed by atoms with Crippen LogP contribution >= 0.6 is 0 Å². The van der Waals surface area contributed by atoms with E-state index in [0.29, 0.717) is 11.1 Å². The Morgan fingerprint density at radius 1 is 0.941 bits per heavy atom. The van der Waals surface area contributed by atoms with E-state index in [-0.39, 0.29) is 28.8 Å². The van der Waals surface area contributed by atoms with Gasteiger partial charge in [0.05, 0.1) is 5.56 Å². The molecule has 0 heterocycles. The van der Waals surface area contributed by atoms with E-state index in [1.54, 1.807) is 6.07 Å². The van der Waals surface area contributed by atoms with Gasteiger partial charge in [0.15, 0.2) is 11.6 Å². The highest BCUT2D eigenvalue weighted by molar-refractivity contribution is 6.21. The maximum atomic E-state index is 12.6. The van der Waals surface area contributed by atoms with Gasteiger partial charge >= 0.3 is 0 Å². The van der Waals surface area contributed by atoms with Crippen molar-refractivity contribution in [3.63, 3.8) is 0 Å². The molecule has 1 saturated carbocycles. The number of allylic oxidation sites excluding steroid dienone is 1. The average Bonchev–Trinajstić information content (AvgIpc) is 2.85. The number of aryl methyl sites for hydroxylation is 4. The predicted octanol–water partition coefficient (Wildman–Crippen LogP) is 6.76. The van der Waals surface area contributed by atoms with Gasteiger partial charge in [-0.3, -0.25) is 9.59 Å². The summed E-state index contributed by atoms with van der Waals surface area (Å²) in [5.41, 5.74) is 11.0. The third-order valence-corrected chi connectivity index (χ3v) is 6.44. The van der Waals surface area contributed by atoms with Gasteiger partial charge < -0.3 is 10.8 Å². The van der Waals surface area contributed by atoms with Gasteiger partial charge in [0.2, 0.25) is 0 Å². The summed E-state index contributed by atoms with van der Waals surface area (Å²) in [5, 5.41) is 9.82. The van der Waals surface area contributed by atoms with Crippen molar-refractivity contribution in [2.24, 2.45) is 11.7 Å². The minimum Gasteiger partial charge on any atom is -0.507 e. The molecule has 0 amide bonds. The Kier molecular flexibility index (Phi) is 12.5. The number of nitrogens with two attached hydrogens (primary N) is 1. The fourth-order valence-corrected chi connectivity index (χ4v) is 4.47. The third kappa shape index (κ3) is 7.95. The van der Waals surface area contributed by atoms with Crippen LogP contribution in [0.15, 0.2) is 36.9 Å². The van der Waals surface area contributed by atoms with Gasteiger partial charge in [-0.1, -0.05) is 63.5 Å². The van der Waals surface area contributed by atoms with Crippen LogP contribution in [0.5, 0.6) is 5.75 Å². The van der Waals surface area contributed by atoms with Crippen LogP contribution in [0.4, 0.5) is 0 Å². The molecule has 1 fully saturated rings. The van der Waals surface area contributed by atoms with Gasteiger partial charge in [0.25, 0.3) is 0 Å². The first-order valence-electron chi connectivity index (χ1n) is 12.4. The lowest BCUT2D eigenvalue weighted by molar-refractivity contribution is -0.118. The number of Topliss-reactive ketones (excluding diaryl/α,β-unsaturated/α-hetero) is 2. The van der Waals surface area contributed by atoms with E-state index in [4.69, 9.17) is 0 Å². The molecule has 4 heteroatoms. The van der Waals surface area contributed by atoms with Crippen molar-refractivity contribution in [2.45, 2.75) is 79.6 Å². The van der Waals surface area contributed by atoms with E-state index in [1.165, 1.54) is 43.1 Å². The molecule has 1 aliphatic rings. The smallest absolute Gasteiger partial charge is 0.165 e. The Bertz CT molecular complexity index is 985. The van der Waals surface area contributed by atoms with Crippen molar-refractivity contribution in [1.82, 2.24) is 0 Å². The molecule has 1 aliphatic carbocycles. The topological polar surface area (TPSA) is 80.4 Å². The summed E-state index contributed by atoms with van der Waals surface area (Å²) in [4.78, 5) is 24.1. The lowest BCUT2D eigenvalue weighted by Crippen LogP contribution is -2.19. The average molecular weight is 466 g/mol. The van der Waals surface area contributed by atoms with Crippen LogP contribution in [-0.2, 0) is 17.6 Å². The van der Waals surface area contributed by atoms with Gasteiger partial charge in [-0.05, 0) is 87.9 Å². The quantitative estimate of drug-likeness (QED) is 0.365. The van der Waals surface area contributed by atoms with Gasteiger partial charge in [0, 0.05) is 11.5 Å². The van der Waals surface area contributed by atoms with Crippen LogP contribution in [-0.4, -0.2) is 23.7 Å². The van der Waals surface area contributed by atoms with E-state index >= 15 is 0 Å². The Morgan fingerprint density at radius 3 is 2.06 bits per heavy atom. The second kappa shape index (κ2) is 14.5. The summed E-state index contributed by atoms with van der Waals surface area (Å²) in [6.45, 7) is 13.7. The van der Waals surface area contributed by atoms with E-state index in [1.807, 2.05) is 6.92 Å². The van der Waals surface area contributed by atoms with E-state index in [9.17, 15) is 14.7 Å². The van der Waals surface area contributed by atoms with Crippen LogP contribution < -0.4 is 5.73 Å². The molecule has 186 valence electrons. The summed E-state index contributed by atoms with van der Waals surface area (Å²) in [6.07, 6.45) is 7.55. The van der Waals surface area contributed by atoms with Crippen LogP contribution in [0.1, 0.15) is 91.1 Å². The second-order valence-corrected chi connectivity index (χ2v) is 8.90. The highest BCUT2D eigenvalue weighted by Gasteiger charge is 2.25. The maximum Gasteiger partial charge on any atom is 0.165 e. The number of benzene rings is 2. The molecule has 0 bridgehead atoms. The predicted molar refractivity (Wildman–Crippen MR) is 144 cm³/mol. The van der Waals surface area contributed by atoms with E-state index in [2.05, 4.69) is 51.3 Å². The molecule has 4 nitrogen and oxygen atoms in total. The number of carbonyl (C=O) groups is 2. The van der Waals surface area contributed by atoms with Crippen molar-refractivity contribution in [3.8, 4) is 5.75 Å². The van der Waals surface area contributed by atoms with Crippen LogP contribution in [0.2, 0.25) is 0 Å². The molecular formula is C30H43NO3. The largest absolute Gasteiger partial charge is 0.507 e. The molecule has 0 spiro atoms.